The average Bonchev–Trinajstić information content (AvgIpc) is 2.96. The van der Waals surface area contributed by atoms with Crippen molar-refractivity contribution in [1.29, 1.82) is 0 Å². The molecule has 0 aromatic carbocycles. The number of hydrogen-bond acceptors (Lipinski definition) is 8. The number of aromatic nitrogens is 4. The summed E-state index contributed by atoms with van der Waals surface area (Å²) in [5.41, 5.74) is 5.21. The van der Waals surface area contributed by atoms with Gasteiger partial charge in [-0.25, -0.2) is 15.0 Å². The minimum Gasteiger partial charge on any atom is -0.393 e. The van der Waals surface area contributed by atoms with Gasteiger partial charge in [-0.3, -0.25) is 4.57 Å². The fourth-order valence-corrected chi connectivity index (χ4v) is 2.34. The molecule has 1 aliphatic heterocycles. The first-order chi connectivity index (χ1) is 9.48. The van der Waals surface area contributed by atoms with E-state index in [1.807, 2.05) is 0 Å². The summed E-state index contributed by atoms with van der Waals surface area (Å²) in [4.78, 5) is 12.0. The molecule has 108 valence electrons. The number of hydrogen-bond donors (Lipinski definition) is 4. The molecule has 0 spiro atoms. The van der Waals surface area contributed by atoms with Crippen LogP contribution in [-0.4, -0.2) is 59.3 Å². The molecule has 1 unspecified atom stereocenters. The Bertz CT molecular complexity index is 647. The van der Waals surface area contributed by atoms with Gasteiger partial charge in [-0.2, -0.15) is 0 Å². The maximum atomic E-state index is 10.1. The van der Waals surface area contributed by atoms with E-state index in [0.29, 0.717) is 11.2 Å². The van der Waals surface area contributed by atoms with Crippen molar-refractivity contribution in [2.24, 2.45) is 0 Å². The van der Waals surface area contributed by atoms with Crippen LogP contribution in [0, 0.1) is 0 Å². The van der Waals surface area contributed by atoms with Gasteiger partial charge >= 0.3 is 0 Å². The third-order valence-electron chi connectivity index (χ3n) is 3.61. The van der Waals surface area contributed by atoms with Gasteiger partial charge in [-0.05, 0) is 6.92 Å². The third kappa shape index (κ3) is 1.68. The molecular weight excluding hydrogens is 266 g/mol. The molecule has 0 bridgehead atoms. The van der Waals surface area contributed by atoms with Gasteiger partial charge in [0.05, 0.1) is 12.9 Å². The molecule has 3 heterocycles. The van der Waals surface area contributed by atoms with Crippen molar-refractivity contribution in [2.45, 2.75) is 31.0 Å². The van der Waals surface area contributed by atoms with Crippen molar-refractivity contribution >= 4 is 17.0 Å². The van der Waals surface area contributed by atoms with Gasteiger partial charge < -0.3 is 25.8 Å². The van der Waals surface area contributed by atoms with E-state index < -0.39 is 30.6 Å². The van der Waals surface area contributed by atoms with Crippen molar-refractivity contribution in [3.63, 3.8) is 0 Å². The molecular formula is C11H15N5O4. The lowest BCUT2D eigenvalue weighted by molar-refractivity contribution is -0.115. The van der Waals surface area contributed by atoms with Crippen molar-refractivity contribution in [1.82, 2.24) is 19.5 Å². The Kier molecular flexibility index (Phi) is 2.87. The summed E-state index contributed by atoms with van der Waals surface area (Å²) in [6, 6.07) is 0. The Balaban J connectivity index is 2.06. The highest BCUT2D eigenvalue weighted by molar-refractivity contribution is 5.81. The van der Waals surface area contributed by atoms with Crippen molar-refractivity contribution < 1.29 is 20.1 Å². The lowest BCUT2D eigenvalue weighted by Crippen LogP contribution is -2.43. The highest BCUT2D eigenvalue weighted by Crippen LogP contribution is 2.37. The van der Waals surface area contributed by atoms with Crippen molar-refractivity contribution in [3.05, 3.63) is 12.7 Å². The Morgan fingerprint density at radius 1 is 1.40 bits per heavy atom. The molecule has 1 saturated heterocycles. The molecule has 1 aliphatic rings. The van der Waals surface area contributed by atoms with Crippen LogP contribution in [0.4, 0.5) is 5.82 Å². The first kappa shape index (κ1) is 13.2. The van der Waals surface area contributed by atoms with Gasteiger partial charge in [0.1, 0.15) is 29.7 Å². The molecule has 4 atom stereocenters. The Morgan fingerprint density at radius 3 is 2.80 bits per heavy atom. The third-order valence-corrected chi connectivity index (χ3v) is 3.61. The number of fused-ring (bicyclic) bond motifs is 1. The number of aliphatic hydroxyl groups is 3. The SMILES string of the molecule is C[C@]1(CO)O[C@@H](n2cnc3c(N)ncnc32)[C@@H](O)C1O. The number of rotatable bonds is 2. The van der Waals surface area contributed by atoms with Crippen molar-refractivity contribution in [2.75, 3.05) is 12.3 Å². The summed E-state index contributed by atoms with van der Waals surface area (Å²) in [7, 11) is 0. The molecule has 0 amide bonds. The van der Waals surface area contributed by atoms with Gasteiger partial charge in [0.25, 0.3) is 0 Å². The zero-order valence-electron chi connectivity index (χ0n) is 10.7. The van der Waals surface area contributed by atoms with Crippen LogP contribution in [-0.2, 0) is 4.74 Å². The molecule has 2 aromatic heterocycles. The van der Waals surface area contributed by atoms with Crippen LogP contribution in [0.3, 0.4) is 0 Å². The van der Waals surface area contributed by atoms with E-state index in [1.165, 1.54) is 24.1 Å². The minimum atomic E-state index is -1.25. The van der Waals surface area contributed by atoms with Crippen molar-refractivity contribution in [3.8, 4) is 0 Å². The van der Waals surface area contributed by atoms with Gasteiger partial charge in [-0.15, -0.1) is 0 Å². The minimum absolute atomic E-state index is 0.215. The normalized spacial score (nSPS) is 33.9. The number of nitrogens with two attached hydrogens (primary N) is 1. The zero-order chi connectivity index (χ0) is 14.5. The first-order valence-corrected chi connectivity index (χ1v) is 6.06. The molecule has 9 heteroatoms. The molecule has 5 N–H and O–H groups in total. The highest BCUT2D eigenvalue weighted by atomic mass is 16.6. The lowest BCUT2D eigenvalue weighted by Gasteiger charge is -2.24. The smallest absolute Gasteiger partial charge is 0.167 e. The monoisotopic (exact) mass is 281 g/mol. The number of aliphatic hydroxyl groups excluding tert-OH is 3. The second-order valence-corrected chi connectivity index (χ2v) is 5.00. The van der Waals surface area contributed by atoms with E-state index in [-0.39, 0.29) is 5.82 Å². The molecule has 0 radical (unpaired) electrons. The van der Waals surface area contributed by atoms with E-state index >= 15 is 0 Å². The van der Waals surface area contributed by atoms with Crippen LogP contribution < -0.4 is 5.73 Å². The molecule has 20 heavy (non-hydrogen) atoms. The van der Waals surface area contributed by atoms with Gasteiger partial charge in [0, 0.05) is 0 Å². The number of nitrogens with zero attached hydrogens (tertiary/aromatic N) is 4. The Morgan fingerprint density at radius 2 is 2.15 bits per heavy atom. The maximum Gasteiger partial charge on any atom is 0.167 e. The summed E-state index contributed by atoms with van der Waals surface area (Å²) in [5.74, 6) is 0.215. The predicted octanol–water partition coefficient (Wildman–Crippen LogP) is -1.59. The number of anilines is 1. The highest BCUT2D eigenvalue weighted by Gasteiger charge is 2.52. The largest absolute Gasteiger partial charge is 0.393 e. The molecule has 0 saturated carbocycles. The second kappa shape index (κ2) is 4.35. The molecule has 3 rings (SSSR count). The maximum absolute atomic E-state index is 10.1. The van der Waals surface area contributed by atoms with Crippen LogP contribution in [0.2, 0.25) is 0 Å². The fourth-order valence-electron chi connectivity index (χ4n) is 2.34. The standard InChI is InChI=1S/C11H15N5O4/c1-11(2-17)7(19)6(18)10(20-11)16-4-15-5-8(12)13-3-14-9(5)16/h3-4,6-7,10,17-19H,2H2,1H3,(H2,12,13,14)/t6-,7?,10+,11+/m0/s1. The second-order valence-electron chi connectivity index (χ2n) is 5.00. The predicted molar refractivity (Wildman–Crippen MR) is 67.4 cm³/mol. The zero-order valence-corrected chi connectivity index (χ0v) is 10.7. The summed E-state index contributed by atoms with van der Waals surface area (Å²) in [5, 5.41) is 29.4. The number of ether oxygens (including phenoxy) is 1. The molecule has 9 nitrogen and oxygen atoms in total. The molecule has 2 aromatic rings. The topological polar surface area (TPSA) is 140 Å². The lowest BCUT2D eigenvalue weighted by atomic mass is 9.99. The Labute approximate surface area is 113 Å². The van der Waals surface area contributed by atoms with E-state index in [2.05, 4.69) is 15.0 Å². The summed E-state index contributed by atoms with van der Waals surface area (Å²) in [6.45, 7) is 1.09. The van der Waals surface area contributed by atoms with E-state index in [0.717, 1.165) is 0 Å². The van der Waals surface area contributed by atoms with Gasteiger partial charge in [-0.1, -0.05) is 0 Å². The van der Waals surface area contributed by atoms with E-state index in [1.54, 1.807) is 0 Å². The van der Waals surface area contributed by atoms with Crippen LogP contribution in [0.5, 0.6) is 0 Å². The van der Waals surface area contributed by atoms with Crippen LogP contribution in [0.15, 0.2) is 12.7 Å². The number of nitrogen functional groups attached to an aromatic ring is 1. The number of imidazole rings is 1. The molecule has 1 fully saturated rings. The first-order valence-electron chi connectivity index (χ1n) is 6.06. The fraction of sp³-hybridized carbons (Fsp3) is 0.545. The van der Waals surface area contributed by atoms with Gasteiger partial charge in [0.2, 0.25) is 0 Å². The average molecular weight is 281 g/mol. The summed E-state index contributed by atoms with van der Waals surface area (Å²) >= 11 is 0. The van der Waals surface area contributed by atoms with E-state index in [4.69, 9.17) is 10.5 Å². The van der Waals surface area contributed by atoms with Crippen LogP contribution in [0.1, 0.15) is 13.2 Å². The van der Waals surface area contributed by atoms with E-state index in [9.17, 15) is 15.3 Å². The molecule has 0 aliphatic carbocycles. The quantitative estimate of drug-likeness (QED) is 0.516. The van der Waals surface area contributed by atoms with Gasteiger partial charge in [0.15, 0.2) is 17.7 Å². The summed E-state index contributed by atoms with van der Waals surface area (Å²) in [6.07, 6.45) is -0.686. The van der Waals surface area contributed by atoms with Crippen LogP contribution in [0.25, 0.3) is 11.2 Å². The summed E-state index contributed by atoms with van der Waals surface area (Å²) < 4.78 is 7.05. The Hall–Kier alpha value is -1.81. The van der Waals surface area contributed by atoms with Crippen LogP contribution >= 0.6 is 0 Å².